The molecule has 25 heavy (non-hydrogen) atoms. The summed E-state index contributed by atoms with van der Waals surface area (Å²) in [5.74, 6) is 0.642. The largest absolute Gasteiger partial charge is 0.493 e. The van der Waals surface area contributed by atoms with Crippen molar-refractivity contribution in [3.05, 3.63) is 59.9 Å². The van der Waals surface area contributed by atoms with Gasteiger partial charge < -0.3 is 19.9 Å². The molecule has 0 heterocycles. The molecule has 0 bridgehead atoms. The quantitative estimate of drug-likeness (QED) is 0.685. The number of hydrogen-bond donors (Lipinski definition) is 2. The molecule has 6 heteroatoms. The Bertz CT molecular complexity index is 673. The van der Waals surface area contributed by atoms with Crippen LogP contribution in [-0.2, 0) is 0 Å². The second-order valence-electron chi connectivity index (χ2n) is 5.59. The molecule has 0 saturated heterocycles. The Morgan fingerprint density at radius 1 is 1.12 bits per heavy atom. The molecule has 1 atom stereocenters. The SMILES string of the molecule is CC(O)CNC(=O)c1cccc(OCCCOc2ccc(F)cc2)c1. The third-order valence-electron chi connectivity index (χ3n) is 3.29. The molecule has 134 valence electrons. The summed E-state index contributed by atoms with van der Waals surface area (Å²) in [7, 11) is 0. The molecule has 2 aromatic rings. The molecule has 0 saturated carbocycles. The number of hydrogen-bond acceptors (Lipinski definition) is 4. The van der Waals surface area contributed by atoms with Crippen LogP contribution in [0, 0.1) is 5.82 Å². The van der Waals surface area contributed by atoms with E-state index in [-0.39, 0.29) is 18.3 Å². The van der Waals surface area contributed by atoms with Crippen LogP contribution in [0.3, 0.4) is 0 Å². The Labute approximate surface area is 146 Å². The molecule has 1 unspecified atom stereocenters. The first-order chi connectivity index (χ1) is 12.0. The first kappa shape index (κ1) is 18.7. The molecule has 0 radical (unpaired) electrons. The minimum absolute atomic E-state index is 0.199. The molecule has 0 spiro atoms. The van der Waals surface area contributed by atoms with Gasteiger partial charge in [0.2, 0.25) is 0 Å². The van der Waals surface area contributed by atoms with Gasteiger partial charge in [-0.15, -0.1) is 0 Å². The maximum absolute atomic E-state index is 12.8. The first-order valence-corrected chi connectivity index (χ1v) is 8.12. The predicted octanol–water partition coefficient (Wildman–Crippen LogP) is 2.78. The van der Waals surface area contributed by atoms with E-state index >= 15 is 0 Å². The second kappa shape index (κ2) is 9.64. The van der Waals surface area contributed by atoms with Gasteiger partial charge in [0.05, 0.1) is 19.3 Å². The fraction of sp³-hybridized carbons (Fsp3) is 0.316. The highest BCUT2D eigenvalue weighted by atomic mass is 19.1. The van der Waals surface area contributed by atoms with Crippen molar-refractivity contribution in [1.29, 1.82) is 0 Å². The van der Waals surface area contributed by atoms with Gasteiger partial charge in [0.15, 0.2) is 0 Å². The Morgan fingerprint density at radius 2 is 1.80 bits per heavy atom. The molecule has 1 amide bonds. The minimum Gasteiger partial charge on any atom is -0.493 e. The maximum Gasteiger partial charge on any atom is 0.251 e. The van der Waals surface area contributed by atoms with E-state index < -0.39 is 6.10 Å². The highest BCUT2D eigenvalue weighted by Gasteiger charge is 2.07. The fourth-order valence-electron chi connectivity index (χ4n) is 2.04. The summed E-state index contributed by atoms with van der Waals surface area (Å²) in [6, 6.07) is 12.7. The van der Waals surface area contributed by atoms with Gasteiger partial charge in [-0.1, -0.05) is 6.07 Å². The normalized spacial score (nSPS) is 11.6. The van der Waals surface area contributed by atoms with Crippen molar-refractivity contribution >= 4 is 5.91 Å². The number of carbonyl (C=O) groups excluding carboxylic acids is 1. The van der Waals surface area contributed by atoms with Gasteiger partial charge in [0.25, 0.3) is 5.91 Å². The Hall–Kier alpha value is -2.60. The van der Waals surface area contributed by atoms with Crippen molar-refractivity contribution in [3.63, 3.8) is 0 Å². The van der Waals surface area contributed by atoms with Crippen LogP contribution in [-0.4, -0.2) is 36.9 Å². The number of rotatable bonds is 9. The predicted molar refractivity (Wildman–Crippen MR) is 92.5 cm³/mol. The molecule has 0 aliphatic rings. The van der Waals surface area contributed by atoms with Gasteiger partial charge >= 0.3 is 0 Å². The molecule has 5 nitrogen and oxygen atoms in total. The highest BCUT2D eigenvalue weighted by Crippen LogP contribution is 2.14. The van der Waals surface area contributed by atoms with Crippen LogP contribution >= 0.6 is 0 Å². The van der Waals surface area contributed by atoms with E-state index in [1.165, 1.54) is 12.1 Å². The number of aliphatic hydroxyl groups excluding tert-OH is 1. The molecule has 0 aromatic heterocycles. The summed E-state index contributed by atoms with van der Waals surface area (Å²) >= 11 is 0. The zero-order valence-corrected chi connectivity index (χ0v) is 14.1. The average Bonchev–Trinajstić information content (AvgIpc) is 2.61. The van der Waals surface area contributed by atoms with Crippen LogP contribution in [0.2, 0.25) is 0 Å². The average molecular weight is 347 g/mol. The topological polar surface area (TPSA) is 67.8 Å². The van der Waals surface area contributed by atoms with E-state index in [1.807, 2.05) is 0 Å². The number of ether oxygens (including phenoxy) is 2. The number of benzene rings is 2. The van der Waals surface area contributed by atoms with Crippen molar-refractivity contribution in [3.8, 4) is 11.5 Å². The third kappa shape index (κ3) is 6.81. The monoisotopic (exact) mass is 347 g/mol. The molecular formula is C19H22FNO4. The minimum atomic E-state index is -0.593. The summed E-state index contributed by atoms with van der Waals surface area (Å²) in [5.41, 5.74) is 0.473. The van der Waals surface area contributed by atoms with Crippen LogP contribution in [0.5, 0.6) is 11.5 Å². The van der Waals surface area contributed by atoms with Gasteiger partial charge in [0.1, 0.15) is 17.3 Å². The molecule has 2 rings (SSSR count). The fourth-order valence-corrected chi connectivity index (χ4v) is 2.04. The van der Waals surface area contributed by atoms with E-state index in [4.69, 9.17) is 9.47 Å². The molecule has 2 N–H and O–H groups in total. The smallest absolute Gasteiger partial charge is 0.251 e. The van der Waals surface area contributed by atoms with Crippen LogP contribution < -0.4 is 14.8 Å². The molecule has 0 aliphatic heterocycles. The van der Waals surface area contributed by atoms with Crippen molar-refractivity contribution in [1.82, 2.24) is 5.32 Å². The van der Waals surface area contributed by atoms with E-state index in [1.54, 1.807) is 43.3 Å². The van der Waals surface area contributed by atoms with Crippen LogP contribution in [0.25, 0.3) is 0 Å². The van der Waals surface area contributed by atoms with Crippen molar-refractivity contribution < 1.29 is 23.8 Å². The van der Waals surface area contributed by atoms with E-state index in [0.717, 1.165) is 0 Å². The maximum atomic E-state index is 12.8. The second-order valence-corrected chi connectivity index (χ2v) is 5.59. The van der Waals surface area contributed by atoms with Crippen LogP contribution in [0.4, 0.5) is 4.39 Å². The number of aliphatic hydroxyl groups is 1. The summed E-state index contributed by atoms with van der Waals surface area (Å²) < 4.78 is 23.9. The van der Waals surface area contributed by atoms with Crippen molar-refractivity contribution in [2.45, 2.75) is 19.4 Å². The lowest BCUT2D eigenvalue weighted by atomic mass is 10.2. The Balaban J connectivity index is 1.72. The number of halogens is 1. The van der Waals surface area contributed by atoms with Gasteiger partial charge in [-0.2, -0.15) is 0 Å². The summed E-state index contributed by atoms with van der Waals surface area (Å²) in [5, 5.41) is 11.8. The van der Waals surface area contributed by atoms with Gasteiger partial charge in [-0.05, 0) is 49.4 Å². The Kier molecular flexibility index (Phi) is 7.22. The molecule has 0 fully saturated rings. The zero-order valence-electron chi connectivity index (χ0n) is 14.1. The zero-order chi connectivity index (χ0) is 18.1. The highest BCUT2D eigenvalue weighted by molar-refractivity contribution is 5.94. The van der Waals surface area contributed by atoms with Crippen molar-refractivity contribution in [2.75, 3.05) is 19.8 Å². The number of carbonyl (C=O) groups is 1. The summed E-state index contributed by atoms with van der Waals surface area (Å²) in [6.45, 7) is 2.68. The van der Waals surface area contributed by atoms with Crippen LogP contribution in [0.15, 0.2) is 48.5 Å². The Morgan fingerprint density at radius 3 is 2.48 bits per heavy atom. The third-order valence-corrected chi connectivity index (χ3v) is 3.29. The van der Waals surface area contributed by atoms with Gasteiger partial charge in [-0.3, -0.25) is 4.79 Å². The lowest BCUT2D eigenvalue weighted by Crippen LogP contribution is -2.30. The van der Waals surface area contributed by atoms with Gasteiger partial charge in [0, 0.05) is 18.5 Å². The number of amides is 1. The van der Waals surface area contributed by atoms with E-state index in [0.29, 0.717) is 36.7 Å². The molecule has 2 aromatic carbocycles. The van der Waals surface area contributed by atoms with Gasteiger partial charge in [-0.25, -0.2) is 4.39 Å². The van der Waals surface area contributed by atoms with E-state index in [2.05, 4.69) is 5.32 Å². The lowest BCUT2D eigenvalue weighted by Gasteiger charge is -2.10. The standard InChI is InChI=1S/C19H22FNO4/c1-14(22)13-21-19(23)15-4-2-5-18(12-15)25-11-3-10-24-17-8-6-16(20)7-9-17/h2,4-9,12,14,22H,3,10-11,13H2,1H3,(H,21,23). The lowest BCUT2D eigenvalue weighted by molar-refractivity contribution is 0.0923. The van der Waals surface area contributed by atoms with Crippen molar-refractivity contribution in [2.24, 2.45) is 0 Å². The summed E-state index contributed by atoms with van der Waals surface area (Å²) in [4.78, 5) is 11.9. The first-order valence-electron chi connectivity index (χ1n) is 8.12. The molecule has 0 aliphatic carbocycles. The van der Waals surface area contributed by atoms with Crippen LogP contribution in [0.1, 0.15) is 23.7 Å². The van der Waals surface area contributed by atoms with E-state index in [9.17, 15) is 14.3 Å². The number of nitrogens with one attached hydrogen (secondary N) is 1. The summed E-state index contributed by atoms with van der Waals surface area (Å²) in [6.07, 6.45) is 0.0556. The molecular weight excluding hydrogens is 325 g/mol.